The molecule has 1 aromatic heterocycles. The third kappa shape index (κ3) is 6.22. The number of nitrogens with one attached hydrogen (secondary N) is 5. The molecule has 2 fully saturated rings. The van der Waals surface area contributed by atoms with E-state index in [9.17, 15) is 33.9 Å². The average Bonchev–Trinajstić information content (AvgIpc) is 3.33. The Bertz CT molecular complexity index is 1120. The number of β-lactam (4-membered cyclic amide) rings is 1. The number of carboxylic acids is 1. The van der Waals surface area contributed by atoms with Crippen molar-refractivity contribution in [3.8, 4) is 0 Å². The van der Waals surface area contributed by atoms with E-state index in [1.165, 1.54) is 22.0 Å². The van der Waals surface area contributed by atoms with Crippen LogP contribution >= 0.6 is 23.1 Å². The number of ether oxygens (including phenoxy) is 1. The standard InChI is InChI=1S/C20H27N7O8S2/c1-19(2,3)35-18(34)26-25-16(33)24-9(8-6-36-17(22-8)21-7-28)12(29)23-10-13(30)27-11(15(31)32)20(4,5)37-14(10)27/h6-7,9-11,14H,1-5H3,(H,23,29)(H,26,34)(H,31,32)(H,21,22,28)(H2,24,25,33)/t9?,10?,11-,14+/m0/s1. The van der Waals surface area contributed by atoms with Crippen LogP contribution in [0.4, 0.5) is 14.7 Å². The third-order valence-electron chi connectivity index (χ3n) is 5.19. The summed E-state index contributed by atoms with van der Waals surface area (Å²) >= 11 is 2.23. The van der Waals surface area contributed by atoms with Crippen LogP contribution in [0.2, 0.25) is 0 Å². The minimum atomic E-state index is -1.43. The van der Waals surface area contributed by atoms with Gasteiger partial charge in [-0.25, -0.2) is 30.2 Å². The Kier molecular flexibility index (Phi) is 7.87. The van der Waals surface area contributed by atoms with E-state index < -0.39 is 63.8 Å². The lowest BCUT2D eigenvalue weighted by Gasteiger charge is -2.43. The Morgan fingerprint density at radius 1 is 1.24 bits per heavy atom. The molecule has 2 unspecified atom stereocenters. The van der Waals surface area contributed by atoms with Gasteiger partial charge in [0.25, 0.3) is 0 Å². The van der Waals surface area contributed by atoms with E-state index in [1.807, 2.05) is 5.43 Å². The third-order valence-corrected chi connectivity index (χ3v) is 7.55. The molecule has 0 bridgehead atoms. The largest absolute Gasteiger partial charge is 0.480 e. The fraction of sp³-hybridized carbons (Fsp3) is 0.550. The highest BCUT2D eigenvalue weighted by Crippen LogP contribution is 2.50. The van der Waals surface area contributed by atoms with Crippen LogP contribution in [-0.2, 0) is 23.9 Å². The first-order chi connectivity index (χ1) is 17.1. The maximum atomic E-state index is 13.2. The van der Waals surface area contributed by atoms with Gasteiger partial charge in [-0.15, -0.1) is 23.1 Å². The van der Waals surface area contributed by atoms with Gasteiger partial charge in [0.1, 0.15) is 23.1 Å². The average molecular weight is 558 g/mol. The molecule has 37 heavy (non-hydrogen) atoms. The predicted molar refractivity (Wildman–Crippen MR) is 131 cm³/mol. The van der Waals surface area contributed by atoms with Crippen molar-refractivity contribution in [2.75, 3.05) is 5.32 Å². The van der Waals surface area contributed by atoms with Crippen molar-refractivity contribution in [3.63, 3.8) is 0 Å². The summed E-state index contributed by atoms with van der Waals surface area (Å²) in [5.74, 6) is -2.53. The number of nitrogens with zero attached hydrogens (tertiary/aromatic N) is 2. The van der Waals surface area contributed by atoms with Crippen LogP contribution in [0.1, 0.15) is 46.4 Å². The van der Waals surface area contributed by atoms with E-state index >= 15 is 0 Å². The van der Waals surface area contributed by atoms with Gasteiger partial charge in [-0.05, 0) is 34.6 Å². The van der Waals surface area contributed by atoms with Crippen molar-refractivity contribution in [2.24, 2.45) is 0 Å². The summed E-state index contributed by atoms with van der Waals surface area (Å²) in [6.07, 6.45) is -0.550. The lowest BCUT2D eigenvalue weighted by molar-refractivity contribution is -0.161. The molecule has 3 rings (SSSR count). The number of rotatable bonds is 7. The van der Waals surface area contributed by atoms with Crippen LogP contribution < -0.4 is 26.8 Å². The number of carbonyl (C=O) groups is 6. The molecular formula is C20H27N7O8S2. The van der Waals surface area contributed by atoms with Gasteiger partial charge in [0.15, 0.2) is 11.2 Å². The normalized spacial score (nSPS) is 22.6. The zero-order chi connectivity index (χ0) is 27.7. The molecule has 6 N–H and O–H groups in total. The van der Waals surface area contributed by atoms with E-state index in [2.05, 4.69) is 26.4 Å². The second kappa shape index (κ2) is 10.4. The van der Waals surface area contributed by atoms with Gasteiger partial charge < -0.3 is 30.7 Å². The number of aromatic nitrogens is 1. The molecule has 4 atom stereocenters. The van der Waals surface area contributed by atoms with E-state index in [0.29, 0.717) is 6.41 Å². The van der Waals surface area contributed by atoms with Gasteiger partial charge in [0, 0.05) is 10.1 Å². The van der Waals surface area contributed by atoms with Crippen molar-refractivity contribution in [1.82, 2.24) is 31.4 Å². The molecule has 2 saturated heterocycles. The summed E-state index contributed by atoms with van der Waals surface area (Å²) in [4.78, 5) is 77.9. The van der Waals surface area contributed by atoms with Gasteiger partial charge in [0.05, 0.1) is 5.69 Å². The highest BCUT2D eigenvalue weighted by atomic mass is 32.2. The Balaban J connectivity index is 1.72. The molecule has 0 radical (unpaired) electrons. The second-order valence-corrected chi connectivity index (χ2v) is 12.2. The molecule has 0 saturated carbocycles. The lowest BCUT2D eigenvalue weighted by atomic mass is 9.96. The quantitative estimate of drug-likeness (QED) is 0.152. The van der Waals surface area contributed by atoms with Crippen molar-refractivity contribution < 1.29 is 38.6 Å². The fourth-order valence-corrected chi connectivity index (χ4v) is 6.09. The first-order valence-corrected chi connectivity index (χ1v) is 12.6. The highest BCUT2D eigenvalue weighted by Gasteiger charge is 2.64. The number of urea groups is 1. The summed E-state index contributed by atoms with van der Waals surface area (Å²) in [5, 5.41) is 17.8. The molecule has 1 aromatic rings. The van der Waals surface area contributed by atoms with Gasteiger partial charge in [0.2, 0.25) is 18.2 Å². The maximum Gasteiger partial charge on any atom is 0.426 e. The number of aliphatic carboxylic acids is 1. The summed E-state index contributed by atoms with van der Waals surface area (Å²) in [6, 6.07) is -4.51. The Hall–Kier alpha value is -3.60. The predicted octanol–water partition coefficient (Wildman–Crippen LogP) is 0.123. The number of thiazole rings is 1. The molecule has 0 aliphatic carbocycles. The van der Waals surface area contributed by atoms with Gasteiger partial charge in [-0.2, -0.15) is 0 Å². The van der Waals surface area contributed by atoms with Gasteiger partial charge >= 0.3 is 18.1 Å². The van der Waals surface area contributed by atoms with E-state index in [0.717, 1.165) is 11.3 Å². The fourth-order valence-electron chi connectivity index (χ4n) is 3.77. The first kappa shape index (κ1) is 28.0. The molecule has 3 heterocycles. The lowest BCUT2D eigenvalue weighted by Crippen LogP contribution is -2.71. The number of hydrogen-bond acceptors (Lipinski definition) is 10. The molecular weight excluding hydrogens is 530 g/mol. The zero-order valence-electron chi connectivity index (χ0n) is 20.5. The van der Waals surface area contributed by atoms with Crippen molar-refractivity contribution in [3.05, 3.63) is 11.1 Å². The molecule has 0 spiro atoms. The minimum Gasteiger partial charge on any atom is -0.480 e. The Labute approximate surface area is 219 Å². The topological polar surface area (TPSA) is 208 Å². The smallest absolute Gasteiger partial charge is 0.426 e. The Morgan fingerprint density at radius 2 is 1.92 bits per heavy atom. The summed E-state index contributed by atoms with van der Waals surface area (Å²) < 4.78 is 4.22. The molecule has 202 valence electrons. The minimum absolute atomic E-state index is 0.0470. The van der Waals surface area contributed by atoms with E-state index in [4.69, 9.17) is 4.74 Å². The number of thioether (sulfide) groups is 1. The van der Waals surface area contributed by atoms with Crippen LogP contribution in [0.15, 0.2) is 5.38 Å². The molecule has 15 nitrogen and oxygen atoms in total. The van der Waals surface area contributed by atoms with Crippen molar-refractivity contribution in [1.29, 1.82) is 0 Å². The molecule has 2 aliphatic heterocycles. The number of carboxylic acid groups (broad SMARTS) is 1. The summed E-state index contributed by atoms with van der Waals surface area (Å²) in [7, 11) is 0. The van der Waals surface area contributed by atoms with Crippen LogP contribution in [-0.4, -0.2) is 79.1 Å². The maximum absolute atomic E-state index is 13.2. The zero-order valence-corrected chi connectivity index (χ0v) is 22.1. The Morgan fingerprint density at radius 3 is 2.51 bits per heavy atom. The second-order valence-electron chi connectivity index (χ2n) is 9.58. The van der Waals surface area contributed by atoms with Crippen LogP contribution in [0.25, 0.3) is 0 Å². The van der Waals surface area contributed by atoms with E-state index in [-0.39, 0.29) is 10.8 Å². The highest BCUT2D eigenvalue weighted by molar-refractivity contribution is 8.01. The van der Waals surface area contributed by atoms with Crippen LogP contribution in [0, 0.1) is 0 Å². The number of carbonyl (C=O) groups excluding carboxylic acids is 5. The number of hydrazine groups is 1. The summed E-state index contributed by atoms with van der Waals surface area (Å²) in [5.41, 5.74) is 3.32. The van der Waals surface area contributed by atoms with Crippen LogP contribution in [0.5, 0.6) is 0 Å². The monoisotopic (exact) mass is 557 g/mol. The van der Waals surface area contributed by atoms with Gasteiger partial charge in [-0.1, -0.05) is 0 Å². The summed E-state index contributed by atoms with van der Waals surface area (Å²) in [6.45, 7) is 8.29. The number of hydrogen-bond donors (Lipinski definition) is 6. The SMILES string of the molecule is CC(C)(C)OC(=O)NNC(=O)NC(C(=O)NC1C(=O)N2[C@@H]1SC(C)(C)[C@@H]2C(=O)O)c1csc(NC=O)n1. The van der Waals surface area contributed by atoms with Crippen molar-refractivity contribution >= 4 is 64.5 Å². The number of fused-ring (bicyclic) bond motifs is 1. The molecule has 0 aromatic carbocycles. The molecule has 17 heteroatoms. The molecule has 2 aliphatic rings. The van der Waals surface area contributed by atoms with Crippen molar-refractivity contribution in [2.45, 2.75) is 68.5 Å². The number of anilines is 1. The van der Waals surface area contributed by atoms with Crippen LogP contribution in [0.3, 0.4) is 0 Å². The first-order valence-electron chi connectivity index (χ1n) is 10.9. The van der Waals surface area contributed by atoms with E-state index in [1.54, 1.807) is 34.6 Å². The molecule has 6 amide bonds. The van der Waals surface area contributed by atoms with Gasteiger partial charge in [-0.3, -0.25) is 14.4 Å². The number of amides is 6.